The van der Waals surface area contributed by atoms with Gasteiger partial charge in [0.05, 0.1) is 25.8 Å². The molecule has 0 N–H and O–H groups in total. The molecule has 0 bridgehead atoms. The Labute approximate surface area is 118 Å². The van der Waals surface area contributed by atoms with E-state index in [0.29, 0.717) is 19.8 Å². The lowest BCUT2D eigenvalue weighted by molar-refractivity contribution is 0.0671. The summed E-state index contributed by atoms with van der Waals surface area (Å²) in [7, 11) is 0. The van der Waals surface area contributed by atoms with Gasteiger partial charge in [-0.3, -0.25) is 0 Å². The third kappa shape index (κ3) is 2.54. The Bertz CT molecular complexity index is 509. The van der Waals surface area contributed by atoms with Gasteiger partial charge in [-0.1, -0.05) is 30.3 Å². The van der Waals surface area contributed by atoms with E-state index >= 15 is 0 Å². The Morgan fingerprint density at radius 1 is 1.20 bits per heavy atom. The molecule has 0 radical (unpaired) electrons. The molecule has 0 aromatic heterocycles. The van der Waals surface area contributed by atoms with Crippen LogP contribution in [-0.4, -0.2) is 54.5 Å². The topological polar surface area (TPSA) is 45.1 Å². The number of urea groups is 1. The molecule has 1 fully saturated rings. The third-order valence-corrected chi connectivity index (χ3v) is 3.91. The van der Waals surface area contributed by atoms with Crippen LogP contribution >= 0.6 is 0 Å². The Balaban J connectivity index is 1.70. The summed E-state index contributed by atoms with van der Waals surface area (Å²) in [5.41, 5.74) is 1.14. The average molecular weight is 273 g/mol. The number of carbonyl (C=O) groups is 1. The number of aliphatic imine (C=N–C) groups is 1. The molecule has 0 aliphatic carbocycles. The molecule has 1 unspecified atom stereocenters. The van der Waals surface area contributed by atoms with Crippen LogP contribution in [0.5, 0.6) is 0 Å². The molecule has 106 valence electrons. The van der Waals surface area contributed by atoms with E-state index in [0.717, 1.165) is 24.5 Å². The summed E-state index contributed by atoms with van der Waals surface area (Å²) in [5, 5.41) is 0. The van der Waals surface area contributed by atoms with Crippen molar-refractivity contribution < 1.29 is 9.53 Å². The first-order chi connectivity index (χ1) is 9.75. The minimum atomic E-state index is -0.136. The van der Waals surface area contributed by atoms with Crippen molar-refractivity contribution in [1.82, 2.24) is 9.80 Å². The van der Waals surface area contributed by atoms with Crippen LogP contribution in [0.15, 0.2) is 35.3 Å². The third-order valence-electron chi connectivity index (χ3n) is 3.91. The number of benzene rings is 1. The lowest BCUT2D eigenvalue weighted by atomic mass is 10.1. The fraction of sp³-hybridized carbons (Fsp3) is 0.467. The van der Waals surface area contributed by atoms with E-state index in [2.05, 4.69) is 9.89 Å². The maximum absolute atomic E-state index is 12.1. The lowest BCUT2D eigenvalue weighted by Crippen LogP contribution is -2.43. The molecule has 2 aliphatic heterocycles. The average Bonchev–Trinajstić information content (AvgIpc) is 2.90. The summed E-state index contributed by atoms with van der Waals surface area (Å²) in [6.45, 7) is 5.70. The normalized spacial score (nSPS) is 21.1. The van der Waals surface area contributed by atoms with E-state index in [-0.39, 0.29) is 12.1 Å². The molecule has 3 rings (SSSR count). The largest absolute Gasteiger partial charge is 0.378 e. The zero-order valence-corrected chi connectivity index (χ0v) is 11.7. The molecule has 2 aliphatic rings. The molecular formula is C15H19N3O2. The summed E-state index contributed by atoms with van der Waals surface area (Å²) in [4.78, 5) is 20.3. The zero-order chi connectivity index (χ0) is 13.9. The van der Waals surface area contributed by atoms with E-state index in [1.165, 1.54) is 0 Å². The number of carbonyl (C=O) groups excluding carboxylic acids is 1. The number of morpholine rings is 1. The van der Waals surface area contributed by atoms with Crippen LogP contribution in [0.25, 0.3) is 0 Å². The van der Waals surface area contributed by atoms with Crippen molar-refractivity contribution in [2.45, 2.75) is 13.0 Å². The molecule has 5 nitrogen and oxygen atoms in total. The second-order valence-corrected chi connectivity index (χ2v) is 5.12. The first-order valence-corrected chi connectivity index (χ1v) is 7.01. The van der Waals surface area contributed by atoms with E-state index < -0.39 is 0 Å². The Hall–Kier alpha value is -1.88. The van der Waals surface area contributed by atoms with Crippen molar-refractivity contribution in [2.24, 2.45) is 4.99 Å². The van der Waals surface area contributed by atoms with Crippen LogP contribution in [0.3, 0.4) is 0 Å². The molecule has 5 heteroatoms. The minimum absolute atomic E-state index is 0.0472. The Kier molecular flexibility index (Phi) is 3.69. The maximum atomic E-state index is 12.1. The summed E-state index contributed by atoms with van der Waals surface area (Å²) in [6, 6.07) is 9.98. The standard InChI is InChI=1S/C15H19N3O2/c1-12(13-5-3-2-4-6-13)18-11-14(16-15(18)19)17-7-9-20-10-8-17/h2-6,12H,7-11H2,1H3. The molecule has 0 saturated carbocycles. The molecule has 1 aromatic rings. The number of amidine groups is 1. The van der Waals surface area contributed by atoms with Gasteiger partial charge < -0.3 is 14.5 Å². The van der Waals surface area contributed by atoms with Crippen molar-refractivity contribution in [3.8, 4) is 0 Å². The maximum Gasteiger partial charge on any atom is 0.346 e. The molecule has 1 saturated heterocycles. The second-order valence-electron chi connectivity index (χ2n) is 5.12. The van der Waals surface area contributed by atoms with Crippen molar-refractivity contribution in [3.05, 3.63) is 35.9 Å². The number of rotatable bonds is 2. The quantitative estimate of drug-likeness (QED) is 0.827. The fourth-order valence-electron chi connectivity index (χ4n) is 2.64. The summed E-state index contributed by atoms with van der Waals surface area (Å²) in [5.74, 6) is 0.876. The smallest absolute Gasteiger partial charge is 0.346 e. The predicted molar refractivity (Wildman–Crippen MR) is 76.8 cm³/mol. The van der Waals surface area contributed by atoms with Gasteiger partial charge in [0.2, 0.25) is 0 Å². The molecule has 1 atom stereocenters. The van der Waals surface area contributed by atoms with Gasteiger partial charge in [-0.05, 0) is 12.5 Å². The predicted octanol–water partition coefficient (Wildman–Crippen LogP) is 1.91. The van der Waals surface area contributed by atoms with E-state index in [1.54, 1.807) is 0 Å². The van der Waals surface area contributed by atoms with Crippen LogP contribution in [0.4, 0.5) is 4.79 Å². The molecule has 0 spiro atoms. The highest BCUT2D eigenvalue weighted by molar-refractivity contribution is 6.01. The van der Waals surface area contributed by atoms with E-state index in [4.69, 9.17) is 4.74 Å². The van der Waals surface area contributed by atoms with Crippen LogP contribution in [-0.2, 0) is 4.74 Å². The number of hydrogen-bond acceptors (Lipinski definition) is 3. The highest BCUT2D eigenvalue weighted by Crippen LogP contribution is 2.24. The van der Waals surface area contributed by atoms with Crippen molar-refractivity contribution in [2.75, 3.05) is 32.8 Å². The zero-order valence-electron chi connectivity index (χ0n) is 11.7. The van der Waals surface area contributed by atoms with Gasteiger partial charge in [0.25, 0.3) is 0 Å². The monoisotopic (exact) mass is 273 g/mol. The first kappa shape index (κ1) is 13.1. The minimum Gasteiger partial charge on any atom is -0.378 e. The number of hydrogen-bond donors (Lipinski definition) is 0. The molecule has 2 amide bonds. The summed E-state index contributed by atoms with van der Waals surface area (Å²) >= 11 is 0. The van der Waals surface area contributed by atoms with Gasteiger partial charge in [-0.25, -0.2) is 4.79 Å². The summed E-state index contributed by atoms with van der Waals surface area (Å²) < 4.78 is 5.33. The van der Waals surface area contributed by atoms with Crippen LogP contribution in [0, 0.1) is 0 Å². The SMILES string of the molecule is CC(c1ccccc1)N1CC(N2CCOCC2)=NC1=O. The molecule has 2 heterocycles. The Morgan fingerprint density at radius 2 is 1.90 bits per heavy atom. The van der Waals surface area contributed by atoms with Crippen LogP contribution < -0.4 is 0 Å². The van der Waals surface area contributed by atoms with E-state index in [1.807, 2.05) is 42.2 Å². The van der Waals surface area contributed by atoms with Gasteiger partial charge in [0, 0.05) is 13.1 Å². The van der Waals surface area contributed by atoms with Crippen LogP contribution in [0.1, 0.15) is 18.5 Å². The van der Waals surface area contributed by atoms with Gasteiger partial charge in [0.1, 0.15) is 5.84 Å². The van der Waals surface area contributed by atoms with Gasteiger partial charge in [-0.15, -0.1) is 0 Å². The Morgan fingerprint density at radius 3 is 2.60 bits per heavy atom. The van der Waals surface area contributed by atoms with Gasteiger partial charge in [0.15, 0.2) is 0 Å². The molecule has 1 aromatic carbocycles. The van der Waals surface area contributed by atoms with Crippen molar-refractivity contribution >= 4 is 11.9 Å². The highest BCUT2D eigenvalue weighted by Gasteiger charge is 2.31. The van der Waals surface area contributed by atoms with Crippen molar-refractivity contribution in [1.29, 1.82) is 0 Å². The van der Waals surface area contributed by atoms with Gasteiger partial charge >= 0.3 is 6.03 Å². The van der Waals surface area contributed by atoms with Crippen LogP contribution in [0.2, 0.25) is 0 Å². The molecular weight excluding hydrogens is 254 g/mol. The highest BCUT2D eigenvalue weighted by atomic mass is 16.5. The fourth-order valence-corrected chi connectivity index (χ4v) is 2.64. The van der Waals surface area contributed by atoms with E-state index in [9.17, 15) is 4.79 Å². The number of ether oxygens (including phenoxy) is 1. The first-order valence-electron chi connectivity index (χ1n) is 7.01. The second kappa shape index (κ2) is 5.63. The number of amides is 2. The number of nitrogens with zero attached hydrogens (tertiary/aromatic N) is 3. The summed E-state index contributed by atoms with van der Waals surface area (Å²) in [6.07, 6.45) is 0. The van der Waals surface area contributed by atoms with Crippen molar-refractivity contribution in [3.63, 3.8) is 0 Å². The van der Waals surface area contributed by atoms with Gasteiger partial charge in [-0.2, -0.15) is 4.99 Å². The lowest BCUT2D eigenvalue weighted by Gasteiger charge is -2.30. The molecule has 20 heavy (non-hydrogen) atoms.